The second-order valence-corrected chi connectivity index (χ2v) is 8.70. The van der Waals surface area contributed by atoms with Gasteiger partial charge in [0.15, 0.2) is 6.61 Å². The molecule has 7 heteroatoms. The number of thioether (sulfide) groups is 2. The average Bonchev–Trinajstić information content (AvgIpc) is 2.61. The van der Waals surface area contributed by atoms with Crippen molar-refractivity contribution in [2.24, 2.45) is 0 Å². The SMILES string of the molecule is CC1CN(C(=O)COc2ccc(C3SCCCS3)cc2)CCN1.Cl. The molecule has 2 fully saturated rings. The van der Waals surface area contributed by atoms with E-state index < -0.39 is 0 Å². The van der Waals surface area contributed by atoms with Gasteiger partial charge in [0, 0.05) is 25.7 Å². The van der Waals surface area contributed by atoms with E-state index in [1.165, 1.54) is 23.5 Å². The zero-order chi connectivity index (χ0) is 16.1. The molecule has 2 saturated heterocycles. The standard InChI is InChI=1S/C17H24N2O2S2.ClH/c1-13-11-19(8-7-18-13)16(20)12-21-15-5-3-14(4-6-15)17-22-9-2-10-23-17;/h3-6,13,17-18H,2,7-12H2,1H3;1H. The molecule has 0 bridgehead atoms. The van der Waals surface area contributed by atoms with Crippen LogP contribution in [0.15, 0.2) is 24.3 Å². The lowest BCUT2D eigenvalue weighted by atomic mass is 10.2. The Bertz CT molecular complexity index is 524. The van der Waals surface area contributed by atoms with Crippen molar-refractivity contribution in [1.29, 1.82) is 0 Å². The maximum atomic E-state index is 12.2. The number of hydrogen-bond donors (Lipinski definition) is 1. The zero-order valence-corrected chi connectivity index (χ0v) is 16.4. The van der Waals surface area contributed by atoms with Crippen molar-refractivity contribution in [3.63, 3.8) is 0 Å². The fraction of sp³-hybridized carbons (Fsp3) is 0.588. The molecule has 0 saturated carbocycles. The van der Waals surface area contributed by atoms with Gasteiger partial charge in [-0.25, -0.2) is 0 Å². The van der Waals surface area contributed by atoms with Gasteiger partial charge < -0.3 is 15.0 Å². The molecule has 0 spiro atoms. The first-order chi connectivity index (χ1) is 11.2. The number of nitrogens with zero attached hydrogens (tertiary/aromatic N) is 1. The van der Waals surface area contributed by atoms with Crippen LogP contribution in [0, 0.1) is 0 Å². The number of ether oxygens (including phenoxy) is 1. The van der Waals surface area contributed by atoms with Crippen LogP contribution in [0.3, 0.4) is 0 Å². The number of nitrogens with one attached hydrogen (secondary N) is 1. The first-order valence-electron chi connectivity index (χ1n) is 8.19. The smallest absolute Gasteiger partial charge is 0.260 e. The zero-order valence-electron chi connectivity index (χ0n) is 13.9. The minimum absolute atomic E-state index is 0. The topological polar surface area (TPSA) is 41.6 Å². The summed E-state index contributed by atoms with van der Waals surface area (Å²) in [5, 5.41) is 3.34. The Balaban J connectivity index is 0.00000208. The maximum absolute atomic E-state index is 12.2. The molecule has 2 aliphatic heterocycles. The van der Waals surface area contributed by atoms with E-state index >= 15 is 0 Å². The number of carbonyl (C=O) groups excluding carboxylic acids is 1. The van der Waals surface area contributed by atoms with Crippen molar-refractivity contribution in [3.8, 4) is 5.75 Å². The molecule has 0 aromatic heterocycles. The van der Waals surface area contributed by atoms with E-state index in [4.69, 9.17) is 4.74 Å². The molecule has 1 amide bonds. The van der Waals surface area contributed by atoms with E-state index in [2.05, 4.69) is 24.4 Å². The van der Waals surface area contributed by atoms with E-state index in [0.29, 0.717) is 10.6 Å². The molecule has 1 aromatic rings. The molecular weight excluding hydrogens is 364 g/mol. The number of hydrogen-bond acceptors (Lipinski definition) is 5. The lowest BCUT2D eigenvalue weighted by Gasteiger charge is -2.31. The molecular formula is C17H25ClN2O2S2. The van der Waals surface area contributed by atoms with Gasteiger partial charge in [-0.2, -0.15) is 0 Å². The van der Waals surface area contributed by atoms with Crippen molar-refractivity contribution in [1.82, 2.24) is 10.2 Å². The summed E-state index contributed by atoms with van der Waals surface area (Å²) in [6.07, 6.45) is 1.31. The lowest BCUT2D eigenvalue weighted by Crippen LogP contribution is -2.52. The molecule has 0 aliphatic carbocycles. The van der Waals surface area contributed by atoms with Crippen molar-refractivity contribution in [3.05, 3.63) is 29.8 Å². The van der Waals surface area contributed by atoms with Crippen LogP contribution in [0.1, 0.15) is 23.5 Å². The fourth-order valence-corrected chi connectivity index (χ4v) is 5.69. The maximum Gasteiger partial charge on any atom is 0.260 e. The van der Waals surface area contributed by atoms with Gasteiger partial charge in [-0.1, -0.05) is 12.1 Å². The summed E-state index contributed by atoms with van der Waals surface area (Å²) in [7, 11) is 0. The number of halogens is 1. The Kier molecular flexibility index (Phi) is 8.07. The molecule has 4 nitrogen and oxygen atoms in total. The van der Waals surface area contributed by atoms with E-state index in [9.17, 15) is 4.79 Å². The highest BCUT2D eigenvalue weighted by Gasteiger charge is 2.21. The Morgan fingerprint density at radius 1 is 1.29 bits per heavy atom. The van der Waals surface area contributed by atoms with Gasteiger partial charge in [-0.3, -0.25) is 4.79 Å². The van der Waals surface area contributed by atoms with Crippen LogP contribution in [-0.4, -0.2) is 54.6 Å². The molecule has 0 radical (unpaired) electrons. The van der Waals surface area contributed by atoms with Gasteiger partial charge in [-0.15, -0.1) is 35.9 Å². The predicted molar refractivity (Wildman–Crippen MR) is 106 cm³/mol. The summed E-state index contributed by atoms with van der Waals surface area (Å²) in [5.74, 6) is 3.33. The van der Waals surface area contributed by atoms with Gasteiger partial charge in [0.2, 0.25) is 0 Å². The quantitative estimate of drug-likeness (QED) is 0.857. The number of carbonyl (C=O) groups is 1. The Morgan fingerprint density at radius 2 is 2.00 bits per heavy atom. The van der Waals surface area contributed by atoms with Crippen molar-refractivity contribution < 1.29 is 9.53 Å². The molecule has 1 N–H and O–H groups in total. The van der Waals surface area contributed by atoms with Crippen LogP contribution in [0.2, 0.25) is 0 Å². The van der Waals surface area contributed by atoms with Crippen molar-refractivity contribution >= 4 is 41.8 Å². The van der Waals surface area contributed by atoms with Gasteiger partial charge in [0.1, 0.15) is 5.75 Å². The molecule has 2 heterocycles. The number of rotatable bonds is 4. The highest BCUT2D eigenvalue weighted by Crippen LogP contribution is 2.43. The number of piperazine rings is 1. The minimum Gasteiger partial charge on any atom is -0.484 e. The van der Waals surface area contributed by atoms with E-state index in [-0.39, 0.29) is 24.9 Å². The van der Waals surface area contributed by atoms with Gasteiger partial charge in [-0.05, 0) is 42.5 Å². The Morgan fingerprint density at radius 3 is 2.67 bits per heavy atom. The van der Waals surface area contributed by atoms with Crippen LogP contribution in [0.5, 0.6) is 5.75 Å². The molecule has 1 unspecified atom stereocenters. The Hall–Kier alpha value is -0.560. The third kappa shape index (κ3) is 5.48. The fourth-order valence-electron chi connectivity index (χ4n) is 2.80. The minimum atomic E-state index is 0. The van der Waals surface area contributed by atoms with Gasteiger partial charge in [0.05, 0.1) is 4.58 Å². The number of amides is 1. The summed E-state index contributed by atoms with van der Waals surface area (Å²) >= 11 is 4.03. The van der Waals surface area contributed by atoms with Crippen LogP contribution >= 0.6 is 35.9 Å². The van der Waals surface area contributed by atoms with Crippen LogP contribution in [-0.2, 0) is 4.79 Å². The predicted octanol–water partition coefficient (Wildman–Crippen LogP) is 3.18. The second kappa shape index (κ2) is 9.80. The molecule has 1 aromatic carbocycles. The largest absolute Gasteiger partial charge is 0.484 e. The van der Waals surface area contributed by atoms with E-state index in [1.54, 1.807) is 0 Å². The highest BCUT2D eigenvalue weighted by molar-refractivity contribution is 8.16. The summed E-state index contributed by atoms with van der Waals surface area (Å²) < 4.78 is 6.22. The molecule has 1 atom stereocenters. The summed E-state index contributed by atoms with van der Waals surface area (Å²) in [4.78, 5) is 14.1. The third-order valence-electron chi connectivity index (χ3n) is 4.06. The normalized spacial score (nSPS) is 21.9. The molecule has 134 valence electrons. The first-order valence-corrected chi connectivity index (χ1v) is 10.3. The third-order valence-corrected chi connectivity index (χ3v) is 7.08. The lowest BCUT2D eigenvalue weighted by molar-refractivity contribution is -0.134. The van der Waals surface area contributed by atoms with Crippen LogP contribution in [0.25, 0.3) is 0 Å². The summed E-state index contributed by atoms with van der Waals surface area (Å²) in [5.41, 5.74) is 1.34. The van der Waals surface area contributed by atoms with Crippen molar-refractivity contribution in [2.45, 2.75) is 24.0 Å². The monoisotopic (exact) mass is 388 g/mol. The second-order valence-electron chi connectivity index (χ2n) is 5.98. The van der Waals surface area contributed by atoms with Crippen LogP contribution in [0.4, 0.5) is 0 Å². The average molecular weight is 389 g/mol. The van der Waals surface area contributed by atoms with Gasteiger partial charge in [0.25, 0.3) is 5.91 Å². The van der Waals surface area contributed by atoms with Gasteiger partial charge >= 0.3 is 0 Å². The molecule has 2 aliphatic rings. The van der Waals surface area contributed by atoms with Crippen molar-refractivity contribution in [2.75, 3.05) is 37.7 Å². The highest BCUT2D eigenvalue weighted by atomic mass is 35.5. The molecule has 3 rings (SSSR count). The first kappa shape index (κ1) is 19.8. The van der Waals surface area contributed by atoms with E-state index in [1.807, 2.05) is 40.6 Å². The number of benzene rings is 1. The Labute approximate surface area is 158 Å². The summed E-state index contributed by atoms with van der Waals surface area (Å²) in [6, 6.07) is 8.58. The van der Waals surface area contributed by atoms with Crippen LogP contribution < -0.4 is 10.1 Å². The summed E-state index contributed by atoms with van der Waals surface area (Å²) in [6.45, 7) is 4.61. The molecule has 24 heavy (non-hydrogen) atoms. The van der Waals surface area contributed by atoms with E-state index in [0.717, 1.165) is 25.4 Å².